The number of Topliss-reactive ketones (excluding diaryl/α,β-unsaturated/α-hetero) is 1. The number of ether oxygens (including phenoxy) is 1. The van der Waals surface area contributed by atoms with Crippen molar-refractivity contribution in [1.82, 2.24) is 14.8 Å². The number of rotatable bonds is 8. The van der Waals surface area contributed by atoms with E-state index in [4.69, 9.17) is 27.1 Å². The first-order chi connectivity index (χ1) is 19.0. The number of carbonyl (C=O) groups is 2. The topological polar surface area (TPSA) is 120 Å². The van der Waals surface area contributed by atoms with Gasteiger partial charge in [0, 0.05) is 41.7 Å². The van der Waals surface area contributed by atoms with Crippen LogP contribution in [0.3, 0.4) is 0 Å². The number of nitrogens with two attached hydrogens (primary N) is 1. The third-order valence-electron chi connectivity index (χ3n) is 8.18. The van der Waals surface area contributed by atoms with E-state index >= 15 is 0 Å². The number of fused-ring (bicyclic) bond motifs is 2. The quantitative estimate of drug-likeness (QED) is 0.297. The average molecular weight is 563 g/mol. The molecule has 8 nitrogen and oxygen atoms in total. The van der Waals surface area contributed by atoms with Gasteiger partial charge in [-0.2, -0.15) is 5.10 Å². The van der Waals surface area contributed by atoms with E-state index in [0.717, 1.165) is 23.7 Å². The molecule has 206 valence electrons. The fourth-order valence-corrected chi connectivity index (χ4v) is 5.70. The van der Waals surface area contributed by atoms with E-state index in [2.05, 4.69) is 5.10 Å². The summed E-state index contributed by atoms with van der Waals surface area (Å²) in [6.07, 6.45) is 3.60. The van der Waals surface area contributed by atoms with Crippen molar-refractivity contribution in [2.45, 2.75) is 43.6 Å². The van der Waals surface area contributed by atoms with Crippen LogP contribution in [0.4, 0.5) is 4.39 Å². The first-order valence-corrected chi connectivity index (χ1v) is 13.5. The zero-order valence-electron chi connectivity index (χ0n) is 22.1. The third kappa shape index (κ3) is 4.33. The molecule has 3 heterocycles. The predicted octanol–water partition coefficient (Wildman–Crippen LogP) is 4.82. The van der Waals surface area contributed by atoms with Gasteiger partial charge in [-0.25, -0.2) is 9.37 Å². The Morgan fingerprint density at radius 3 is 2.73 bits per heavy atom. The normalized spacial score (nSPS) is 19.7. The van der Waals surface area contributed by atoms with Crippen LogP contribution in [-0.2, 0) is 22.9 Å². The SMILES string of the molecule is Cn1cc2cc(C(=O)CC[C@](O)(c3cc4c(c(-c5ccc(F)c(Cl)c5)n3)OC[C@]4(C)C(N)=O)C3CC3)ccc2n1. The number of primary amides is 1. The lowest BCUT2D eigenvalue weighted by Gasteiger charge is -2.29. The van der Waals surface area contributed by atoms with Gasteiger partial charge in [0.2, 0.25) is 5.91 Å². The summed E-state index contributed by atoms with van der Waals surface area (Å²) >= 11 is 6.08. The molecule has 1 aliphatic carbocycles. The van der Waals surface area contributed by atoms with Crippen molar-refractivity contribution in [3.8, 4) is 17.0 Å². The number of pyridine rings is 1. The highest BCUT2D eigenvalue weighted by Crippen LogP contribution is 2.51. The van der Waals surface area contributed by atoms with Gasteiger partial charge < -0.3 is 15.6 Å². The summed E-state index contributed by atoms with van der Waals surface area (Å²) in [6, 6.07) is 11.2. The van der Waals surface area contributed by atoms with E-state index in [-0.39, 0.29) is 36.2 Å². The summed E-state index contributed by atoms with van der Waals surface area (Å²) < 4.78 is 21.6. The fourth-order valence-electron chi connectivity index (χ4n) is 5.52. The minimum absolute atomic E-state index is 0.00188. The van der Waals surface area contributed by atoms with Crippen molar-refractivity contribution in [1.29, 1.82) is 0 Å². The number of hydrogen-bond donors (Lipinski definition) is 2. The van der Waals surface area contributed by atoms with Crippen molar-refractivity contribution >= 4 is 34.2 Å². The van der Waals surface area contributed by atoms with Crippen LogP contribution in [0.15, 0.2) is 48.7 Å². The summed E-state index contributed by atoms with van der Waals surface area (Å²) in [4.78, 5) is 30.6. The number of aromatic nitrogens is 3. The van der Waals surface area contributed by atoms with Crippen LogP contribution in [0, 0.1) is 11.7 Å². The Labute approximate surface area is 234 Å². The van der Waals surface area contributed by atoms with Gasteiger partial charge in [0.15, 0.2) is 5.78 Å². The second-order valence-electron chi connectivity index (χ2n) is 11.0. The molecule has 0 radical (unpaired) electrons. The monoisotopic (exact) mass is 562 g/mol. The summed E-state index contributed by atoms with van der Waals surface area (Å²) in [5.41, 5.74) is 6.13. The maximum Gasteiger partial charge on any atom is 0.231 e. The standard InChI is InChI=1S/C30H28ClFN4O4/c1-29(28(33)38)15-40-27-20(29)13-25(34-26(27)17-3-7-22(32)21(31)12-17)30(39,19-5-6-19)10-9-24(37)16-4-8-23-18(11-16)14-36(2)35-23/h3-4,7-8,11-14,19,39H,5-6,9-10,15H2,1-2H3,(H2,33,38)/t29-,30+/m0/s1. The molecule has 3 N–H and O–H groups in total. The summed E-state index contributed by atoms with van der Waals surface area (Å²) in [5, 5.41) is 17.2. The molecule has 2 aliphatic rings. The van der Waals surface area contributed by atoms with E-state index in [9.17, 15) is 19.1 Å². The lowest BCUT2D eigenvalue weighted by Crippen LogP contribution is -2.40. The average Bonchev–Trinajstić information content (AvgIpc) is 3.64. The molecule has 1 saturated carbocycles. The number of amides is 1. The van der Waals surface area contributed by atoms with Gasteiger partial charge in [-0.15, -0.1) is 0 Å². The van der Waals surface area contributed by atoms with Crippen LogP contribution in [-0.4, -0.2) is 38.2 Å². The molecule has 0 unspecified atom stereocenters. The Morgan fingerprint density at radius 1 is 1.25 bits per heavy atom. The molecule has 1 fully saturated rings. The van der Waals surface area contributed by atoms with E-state index in [1.54, 1.807) is 29.8 Å². The Hall–Kier alpha value is -3.82. The van der Waals surface area contributed by atoms with Crippen molar-refractivity contribution in [3.05, 3.63) is 76.3 Å². The van der Waals surface area contributed by atoms with Crippen molar-refractivity contribution < 1.29 is 23.8 Å². The highest BCUT2D eigenvalue weighted by Gasteiger charge is 2.49. The summed E-state index contributed by atoms with van der Waals surface area (Å²) in [6.45, 7) is 1.68. The Kier molecular flexibility index (Phi) is 6.19. The number of aryl methyl sites for hydroxylation is 1. The number of ketones is 1. The minimum atomic E-state index is -1.44. The van der Waals surface area contributed by atoms with E-state index < -0.39 is 22.7 Å². The second kappa shape index (κ2) is 9.38. The van der Waals surface area contributed by atoms with E-state index in [0.29, 0.717) is 33.8 Å². The molecule has 10 heteroatoms. The molecule has 1 amide bonds. The van der Waals surface area contributed by atoms with Crippen LogP contribution < -0.4 is 10.5 Å². The maximum absolute atomic E-state index is 14.0. The number of aliphatic hydroxyl groups is 1. The number of hydrogen-bond acceptors (Lipinski definition) is 6. The van der Waals surface area contributed by atoms with Gasteiger partial charge in [-0.3, -0.25) is 14.3 Å². The zero-order valence-corrected chi connectivity index (χ0v) is 22.8. The smallest absolute Gasteiger partial charge is 0.231 e. The van der Waals surface area contributed by atoms with Crippen LogP contribution in [0.25, 0.3) is 22.2 Å². The molecule has 0 bridgehead atoms. The number of benzene rings is 2. The first kappa shape index (κ1) is 26.4. The Balaban J connectivity index is 1.40. The van der Waals surface area contributed by atoms with Crippen LogP contribution in [0.5, 0.6) is 5.75 Å². The van der Waals surface area contributed by atoms with Gasteiger partial charge in [-0.05, 0) is 74.6 Å². The molecule has 4 aromatic rings. The molecule has 1 aliphatic heterocycles. The molecule has 0 spiro atoms. The lowest BCUT2D eigenvalue weighted by molar-refractivity contribution is -0.123. The first-order valence-electron chi connectivity index (χ1n) is 13.1. The Bertz CT molecular complexity index is 1700. The predicted molar refractivity (Wildman–Crippen MR) is 148 cm³/mol. The van der Waals surface area contributed by atoms with Crippen molar-refractivity contribution in [2.75, 3.05) is 6.61 Å². The molecule has 2 aromatic carbocycles. The van der Waals surface area contributed by atoms with Crippen LogP contribution in [0.2, 0.25) is 5.02 Å². The van der Waals surface area contributed by atoms with Crippen LogP contribution >= 0.6 is 11.6 Å². The highest BCUT2D eigenvalue weighted by molar-refractivity contribution is 6.31. The van der Waals surface area contributed by atoms with Crippen molar-refractivity contribution in [3.63, 3.8) is 0 Å². The second-order valence-corrected chi connectivity index (χ2v) is 11.5. The minimum Gasteiger partial charge on any atom is -0.489 e. The molecule has 40 heavy (non-hydrogen) atoms. The number of carbonyl (C=O) groups excluding carboxylic acids is 2. The largest absolute Gasteiger partial charge is 0.489 e. The third-order valence-corrected chi connectivity index (χ3v) is 8.47. The van der Waals surface area contributed by atoms with Gasteiger partial charge >= 0.3 is 0 Å². The highest BCUT2D eigenvalue weighted by atomic mass is 35.5. The molecule has 6 rings (SSSR count). The van der Waals surface area contributed by atoms with Crippen LogP contribution in [0.1, 0.15) is 54.2 Å². The van der Waals surface area contributed by atoms with E-state index in [1.807, 2.05) is 19.3 Å². The lowest BCUT2D eigenvalue weighted by atomic mass is 9.80. The van der Waals surface area contributed by atoms with E-state index in [1.165, 1.54) is 18.2 Å². The Morgan fingerprint density at radius 2 is 2.02 bits per heavy atom. The van der Waals surface area contributed by atoms with Gasteiger partial charge in [0.1, 0.15) is 34.9 Å². The fraction of sp³-hybridized carbons (Fsp3) is 0.333. The van der Waals surface area contributed by atoms with Gasteiger partial charge in [-0.1, -0.05) is 11.6 Å². The molecule has 0 saturated heterocycles. The summed E-state index contributed by atoms with van der Waals surface area (Å²) in [5.74, 6) is -1.05. The van der Waals surface area contributed by atoms with Gasteiger partial charge in [0.05, 0.1) is 16.2 Å². The van der Waals surface area contributed by atoms with Gasteiger partial charge in [0.25, 0.3) is 0 Å². The molecular weight excluding hydrogens is 535 g/mol. The number of nitrogens with zero attached hydrogens (tertiary/aromatic N) is 3. The zero-order chi connectivity index (χ0) is 28.4. The number of halogens is 2. The maximum atomic E-state index is 14.0. The molecular formula is C30H28ClFN4O4. The van der Waals surface area contributed by atoms with Crippen molar-refractivity contribution in [2.24, 2.45) is 18.7 Å². The summed E-state index contributed by atoms with van der Waals surface area (Å²) in [7, 11) is 1.82. The molecule has 2 atom stereocenters. The molecule has 2 aromatic heterocycles.